The Labute approximate surface area is 128 Å². The van der Waals surface area contributed by atoms with Crippen LogP contribution in [0.15, 0.2) is 42.5 Å². The summed E-state index contributed by atoms with van der Waals surface area (Å²) in [5.74, 6) is 0.836. The van der Waals surface area contributed by atoms with Gasteiger partial charge in [0.15, 0.2) is 11.5 Å². The molecule has 0 aliphatic heterocycles. The van der Waals surface area contributed by atoms with Crippen LogP contribution in [0.4, 0.5) is 5.82 Å². The first-order chi connectivity index (χ1) is 10.8. The largest absolute Gasteiger partial charge is 0.377 e. The number of ether oxygens (including phenoxy) is 1. The molecule has 3 aromatic rings. The van der Waals surface area contributed by atoms with E-state index >= 15 is 0 Å². The van der Waals surface area contributed by atoms with E-state index in [1.807, 2.05) is 37.4 Å². The number of hydrogen-bond acceptors (Lipinski definition) is 6. The predicted octanol–water partition coefficient (Wildman–Crippen LogP) is 1.56. The summed E-state index contributed by atoms with van der Waals surface area (Å²) in [6.07, 6.45) is 0.929. The van der Waals surface area contributed by atoms with E-state index in [1.54, 1.807) is 0 Å². The molecule has 7 heteroatoms. The summed E-state index contributed by atoms with van der Waals surface area (Å²) >= 11 is 0. The first-order valence-electron chi connectivity index (χ1n) is 7.21. The molecule has 0 amide bonds. The Kier molecular flexibility index (Phi) is 4.55. The Hall–Kier alpha value is -2.54. The molecule has 1 aromatic carbocycles. The van der Waals surface area contributed by atoms with Gasteiger partial charge in [0.25, 0.3) is 0 Å². The third-order valence-electron chi connectivity index (χ3n) is 3.34. The van der Waals surface area contributed by atoms with Gasteiger partial charge in [-0.1, -0.05) is 30.3 Å². The van der Waals surface area contributed by atoms with Gasteiger partial charge in [-0.15, -0.1) is 14.8 Å². The molecular weight excluding hydrogens is 280 g/mol. The molecule has 0 saturated heterocycles. The molecule has 0 atom stereocenters. The lowest BCUT2D eigenvalue weighted by Crippen LogP contribution is -2.21. The van der Waals surface area contributed by atoms with E-state index < -0.39 is 0 Å². The number of benzene rings is 1. The fourth-order valence-electron chi connectivity index (χ4n) is 2.13. The summed E-state index contributed by atoms with van der Waals surface area (Å²) in [4.78, 5) is 2.06. The van der Waals surface area contributed by atoms with Gasteiger partial charge in [-0.2, -0.15) is 0 Å². The molecule has 2 aromatic heterocycles. The highest BCUT2D eigenvalue weighted by molar-refractivity contribution is 5.43. The van der Waals surface area contributed by atoms with Gasteiger partial charge in [-0.3, -0.25) is 0 Å². The second kappa shape index (κ2) is 6.95. The van der Waals surface area contributed by atoms with Gasteiger partial charge in [0.05, 0.1) is 6.61 Å². The lowest BCUT2D eigenvalue weighted by Gasteiger charge is -2.17. The topological polar surface area (TPSA) is 68.4 Å². The minimum Gasteiger partial charge on any atom is -0.377 e. The molecule has 0 unspecified atom stereocenters. The normalized spacial score (nSPS) is 11.0. The zero-order chi connectivity index (χ0) is 15.2. The van der Waals surface area contributed by atoms with Crippen LogP contribution >= 0.6 is 0 Å². The number of nitrogens with zero attached hydrogens (tertiary/aromatic N) is 6. The van der Waals surface area contributed by atoms with Crippen molar-refractivity contribution >= 4 is 11.5 Å². The van der Waals surface area contributed by atoms with Crippen molar-refractivity contribution in [1.82, 2.24) is 25.3 Å². The maximum Gasteiger partial charge on any atom is 0.200 e. The van der Waals surface area contributed by atoms with Crippen LogP contribution in [-0.4, -0.2) is 45.5 Å². The fourth-order valence-corrected chi connectivity index (χ4v) is 2.13. The lowest BCUT2D eigenvalue weighted by molar-refractivity contribution is 0.119. The number of anilines is 1. The molecule has 3 rings (SSSR count). The van der Waals surface area contributed by atoms with Gasteiger partial charge in [0.2, 0.25) is 0 Å². The predicted molar refractivity (Wildman–Crippen MR) is 82.6 cm³/mol. The zero-order valence-corrected chi connectivity index (χ0v) is 12.5. The van der Waals surface area contributed by atoms with E-state index in [4.69, 9.17) is 4.74 Å². The maximum absolute atomic E-state index is 5.68. The summed E-state index contributed by atoms with van der Waals surface area (Å²) < 4.78 is 7.11. The van der Waals surface area contributed by atoms with Crippen LogP contribution in [0.5, 0.6) is 0 Å². The Morgan fingerprint density at radius 2 is 2.00 bits per heavy atom. The quantitative estimate of drug-likeness (QED) is 0.617. The SMILES string of the molecule is CN(CCCOCc1ccccc1)c1ccc2nnnn2n1. The van der Waals surface area contributed by atoms with Crippen molar-refractivity contribution < 1.29 is 4.74 Å². The van der Waals surface area contributed by atoms with Crippen molar-refractivity contribution in [1.29, 1.82) is 0 Å². The number of tetrazole rings is 1. The van der Waals surface area contributed by atoms with Crippen molar-refractivity contribution in [3.05, 3.63) is 48.0 Å². The first kappa shape index (κ1) is 14.4. The third-order valence-corrected chi connectivity index (χ3v) is 3.34. The van der Waals surface area contributed by atoms with Gasteiger partial charge in [-0.05, 0) is 34.5 Å². The van der Waals surface area contributed by atoms with Crippen LogP contribution in [0.3, 0.4) is 0 Å². The average molecular weight is 298 g/mol. The van der Waals surface area contributed by atoms with Gasteiger partial charge in [0, 0.05) is 20.2 Å². The van der Waals surface area contributed by atoms with Gasteiger partial charge in [0.1, 0.15) is 0 Å². The van der Waals surface area contributed by atoms with E-state index in [2.05, 4.69) is 37.7 Å². The van der Waals surface area contributed by atoms with Crippen LogP contribution in [0, 0.1) is 0 Å². The van der Waals surface area contributed by atoms with Crippen molar-refractivity contribution in [2.75, 3.05) is 25.1 Å². The minimum absolute atomic E-state index is 0.642. The van der Waals surface area contributed by atoms with E-state index in [-0.39, 0.29) is 0 Å². The number of aromatic nitrogens is 5. The van der Waals surface area contributed by atoms with Crippen LogP contribution in [0.1, 0.15) is 12.0 Å². The smallest absolute Gasteiger partial charge is 0.200 e. The van der Waals surface area contributed by atoms with Crippen molar-refractivity contribution in [3.8, 4) is 0 Å². The average Bonchev–Trinajstić information content (AvgIpc) is 3.03. The molecule has 0 N–H and O–H groups in total. The van der Waals surface area contributed by atoms with Crippen LogP contribution in [0.25, 0.3) is 5.65 Å². The standard InChI is InChI=1S/C15H18N6O/c1-20(15-9-8-14-16-18-19-21(14)17-15)10-5-11-22-12-13-6-3-2-4-7-13/h2-4,6-9H,5,10-12H2,1H3. The third kappa shape index (κ3) is 3.56. The number of rotatable bonds is 7. The molecular formula is C15H18N6O. The first-order valence-corrected chi connectivity index (χ1v) is 7.21. The fraction of sp³-hybridized carbons (Fsp3) is 0.333. The second-order valence-electron chi connectivity index (χ2n) is 5.03. The van der Waals surface area contributed by atoms with E-state index in [0.717, 1.165) is 18.8 Å². The monoisotopic (exact) mass is 298 g/mol. The van der Waals surface area contributed by atoms with Crippen molar-refractivity contribution in [2.24, 2.45) is 0 Å². The molecule has 0 bridgehead atoms. The summed E-state index contributed by atoms with van der Waals surface area (Å²) in [5, 5.41) is 15.6. The second-order valence-corrected chi connectivity index (χ2v) is 5.03. The van der Waals surface area contributed by atoms with Gasteiger partial charge < -0.3 is 9.64 Å². The summed E-state index contributed by atoms with van der Waals surface area (Å²) in [6.45, 7) is 2.22. The zero-order valence-electron chi connectivity index (χ0n) is 12.5. The highest BCUT2D eigenvalue weighted by Crippen LogP contribution is 2.09. The Morgan fingerprint density at radius 3 is 2.86 bits per heavy atom. The van der Waals surface area contributed by atoms with Crippen LogP contribution in [0.2, 0.25) is 0 Å². The Balaban J connectivity index is 1.43. The molecule has 0 saturated carbocycles. The Morgan fingerprint density at radius 1 is 1.14 bits per heavy atom. The highest BCUT2D eigenvalue weighted by atomic mass is 16.5. The lowest BCUT2D eigenvalue weighted by atomic mass is 10.2. The highest BCUT2D eigenvalue weighted by Gasteiger charge is 2.05. The van der Waals surface area contributed by atoms with Gasteiger partial charge in [-0.25, -0.2) is 0 Å². The van der Waals surface area contributed by atoms with Gasteiger partial charge >= 0.3 is 0 Å². The Bertz CT molecular complexity index is 714. The summed E-state index contributed by atoms with van der Waals surface area (Å²) in [6, 6.07) is 13.9. The van der Waals surface area contributed by atoms with Crippen LogP contribution < -0.4 is 4.90 Å². The van der Waals surface area contributed by atoms with Crippen molar-refractivity contribution in [3.63, 3.8) is 0 Å². The molecule has 7 nitrogen and oxygen atoms in total. The molecule has 2 heterocycles. The van der Waals surface area contributed by atoms with Crippen LogP contribution in [-0.2, 0) is 11.3 Å². The van der Waals surface area contributed by atoms with E-state index in [9.17, 15) is 0 Å². The number of fused-ring (bicyclic) bond motifs is 1. The molecule has 0 aliphatic carbocycles. The molecule has 22 heavy (non-hydrogen) atoms. The minimum atomic E-state index is 0.642. The summed E-state index contributed by atoms with van der Waals surface area (Å²) in [5.41, 5.74) is 1.84. The number of hydrogen-bond donors (Lipinski definition) is 0. The summed E-state index contributed by atoms with van der Waals surface area (Å²) in [7, 11) is 2.00. The molecule has 0 radical (unpaired) electrons. The molecule has 0 fully saturated rings. The molecule has 0 aliphatic rings. The molecule has 0 spiro atoms. The maximum atomic E-state index is 5.68. The van der Waals surface area contributed by atoms with E-state index in [0.29, 0.717) is 18.9 Å². The molecule has 114 valence electrons. The van der Waals surface area contributed by atoms with E-state index in [1.165, 1.54) is 10.2 Å². The van der Waals surface area contributed by atoms with Crippen molar-refractivity contribution in [2.45, 2.75) is 13.0 Å².